The van der Waals surface area contributed by atoms with Crippen molar-refractivity contribution in [1.29, 1.82) is 0 Å². The third-order valence-electron chi connectivity index (χ3n) is 1.98. The number of aromatic nitrogens is 3. The molecule has 2 aromatic heterocycles. The number of nitrogen functional groups attached to an aromatic ring is 1. The number of methoxy groups -OCH3 is 1. The van der Waals surface area contributed by atoms with E-state index in [-0.39, 0.29) is 0 Å². The van der Waals surface area contributed by atoms with Crippen molar-refractivity contribution in [3.63, 3.8) is 0 Å². The van der Waals surface area contributed by atoms with Crippen LogP contribution in [0.15, 0.2) is 0 Å². The van der Waals surface area contributed by atoms with Crippen LogP contribution in [0.3, 0.4) is 0 Å². The number of hydrogen-bond donors (Lipinski definition) is 1. The van der Waals surface area contributed by atoms with E-state index < -0.39 is 0 Å². The Morgan fingerprint density at radius 1 is 1.29 bits per heavy atom. The minimum atomic E-state index is 0.457. The summed E-state index contributed by atoms with van der Waals surface area (Å²) < 4.78 is 5.14. The molecular weight excluding hydrogens is 258 g/mol. The predicted molar refractivity (Wildman–Crippen MR) is 70.5 cm³/mol. The minimum Gasteiger partial charge on any atom is -0.378 e. The smallest absolute Gasteiger partial charge is 0.203 e. The maximum absolute atomic E-state index is 5.59. The van der Waals surface area contributed by atoms with Gasteiger partial charge in [-0.1, -0.05) is 22.7 Å². The largest absolute Gasteiger partial charge is 0.378 e. The van der Waals surface area contributed by atoms with E-state index in [1.807, 2.05) is 19.0 Å². The number of rotatable bonds is 4. The molecule has 0 bridgehead atoms. The first-order valence-corrected chi connectivity index (χ1v) is 6.50. The standard InChI is InChI=1S/C9H13N5OS2/c1-14(2)9-11-5(4-15-3)6(16-9)7-12-13-8(10)17-7/h4H2,1-3H3,(H2,10,13). The van der Waals surface area contributed by atoms with Gasteiger partial charge in [0.15, 0.2) is 10.1 Å². The molecule has 0 spiro atoms. The zero-order chi connectivity index (χ0) is 12.4. The highest BCUT2D eigenvalue weighted by Crippen LogP contribution is 2.36. The summed E-state index contributed by atoms with van der Waals surface area (Å²) in [5.74, 6) is 0. The number of anilines is 2. The molecule has 0 amide bonds. The highest BCUT2D eigenvalue weighted by molar-refractivity contribution is 7.25. The number of ether oxygens (including phenoxy) is 1. The van der Waals surface area contributed by atoms with Gasteiger partial charge in [0.25, 0.3) is 0 Å². The van der Waals surface area contributed by atoms with Gasteiger partial charge in [0, 0.05) is 21.2 Å². The molecule has 2 heterocycles. The number of hydrogen-bond acceptors (Lipinski definition) is 8. The number of thiazole rings is 1. The maximum atomic E-state index is 5.59. The van der Waals surface area contributed by atoms with Crippen LogP contribution in [0, 0.1) is 0 Å². The van der Waals surface area contributed by atoms with E-state index in [0.29, 0.717) is 11.7 Å². The molecule has 17 heavy (non-hydrogen) atoms. The van der Waals surface area contributed by atoms with Crippen molar-refractivity contribution in [2.75, 3.05) is 31.8 Å². The summed E-state index contributed by atoms with van der Waals surface area (Å²) >= 11 is 2.92. The van der Waals surface area contributed by atoms with E-state index in [9.17, 15) is 0 Å². The molecule has 0 aliphatic carbocycles. The monoisotopic (exact) mass is 271 g/mol. The van der Waals surface area contributed by atoms with E-state index in [0.717, 1.165) is 20.7 Å². The van der Waals surface area contributed by atoms with Gasteiger partial charge in [-0.25, -0.2) is 4.98 Å². The normalized spacial score (nSPS) is 10.8. The number of nitrogens with two attached hydrogens (primary N) is 1. The van der Waals surface area contributed by atoms with Crippen LogP contribution in [0.25, 0.3) is 9.88 Å². The quantitative estimate of drug-likeness (QED) is 0.907. The summed E-state index contributed by atoms with van der Waals surface area (Å²) in [6.45, 7) is 0.457. The lowest BCUT2D eigenvalue weighted by Crippen LogP contribution is -2.08. The van der Waals surface area contributed by atoms with Crippen LogP contribution in [0.2, 0.25) is 0 Å². The van der Waals surface area contributed by atoms with Gasteiger partial charge in [-0.05, 0) is 0 Å². The van der Waals surface area contributed by atoms with Gasteiger partial charge in [-0.2, -0.15) is 0 Å². The lowest BCUT2D eigenvalue weighted by molar-refractivity contribution is 0.182. The molecule has 2 N–H and O–H groups in total. The van der Waals surface area contributed by atoms with Crippen molar-refractivity contribution in [2.45, 2.75) is 6.61 Å². The molecule has 0 aliphatic heterocycles. The van der Waals surface area contributed by atoms with E-state index in [2.05, 4.69) is 15.2 Å². The van der Waals surface area contributed by atoms with E-state index in [1.54, 1.807) is 18.4 Å². The SMILES string of the molecule is COCc1nc(N(C)C)sc1-c1nnc(N)s1. The van der Waals surface area contributed by atoms with Crippen LogP contribution in [0.5, 0.6) is 0 Å². The lowest BCUT2D eigenvalue weighted by Gasteiger charge is -2.05. The Morgan fingerprint density at radius 3 is 2.59 bits per heavy atom. The highest BCUT2D eigenvalue weighted by atomic mass is 32.1. The summed E-state index contributed by atoms with van der Waals surface area (Å²) in [5.41, 5.74) is 6.47. The molecule has 0 saturated heterocycles. The Balaban J connectivity index is 2.43. The van der Waals surface area contributed by atoms with Crippen molar-refractivity contribution in [3.8, 4) is 9.88 Å². The summed E-state index contributed by atoms with van der Waals surface area (Å²) in [6.07, 6.45) is 0. The van der Waals surface area contributed by atoms with Crippen LogP contribution in [0.4, 0.5) is 10.3 Å². The van der Waals surface area contributed by atoms with Crippen LogP contribution in [-0.4, -0.2) is 36.4 Å². The first kappa shape index (κ1) is 12.2. The maximum Gasteiger partial charge on any atom is 0.203 e. The average Bonchev–Trinajstić information content (AvgIpc) is 2.85. The summed E-state index contributed by atoms with van der Waals surface area (Å²) in [5, 5.41) is 10.0. The summed E-state index contributed by atoms with van der Waals surface area (Å²) in [6, 6.07) is 0. The Bertz CT molecular complexity index is 507. The number of nitrogens with zero attached hydrogens (tertiary/aromatic N) is 4. The van der Waals surface area contributed by atoms with E-state index in [4.69, 9.17) is 10.5 Å². The van der Waals surface area contributed by atoms with Crippen LogP contribution in [-0.2, 0) is 11.3 Å². The summed E-state index contributed by atoms with van der Waals surface area (Å²) in [4.78, 5) is 7.44. The summed E-state index contributed by atoms with van der Waals surface area (Å²) in [7, 11) is 5.55. The molecule has 0 aromatic carbocycles. The van der Waals surface area contributed by atoms with Crippen LogP contribution in [0.1, 0.15) is 5.69 Å². The van der Waals surface area contributed by atoms with E-state index in [1.165, 1.54) is 11.3 Å². The Labute approximate surface area is 107 Å². The van der Waals surface area contributed by atoms with Gasteiger partial charge >= 0.3 is 0 Å². The van der Waals surface area contributed by atoms with Crippen molar-refractivity contribution < 1.29 is 4.74 Å². The Morgan fingerprint density at radius 2 is 2.06 bits per heavy atom. The third-order valence-corrected chi connectivity index (χ3v) is 4.16. The minimum absolute atomic E-state index is 0.457. The van der Waals surface area contributed by atoms with Gasteiger partial charge < -0.3 is 15.4 Å². The van der Waals surface area contributed by atoms with Gasteiger partial charge in [0.05, 0.1) is 17.2 Å². The van der Waals surface area contributed by atoms with Crippen molar-refractivity contribution in [2.24, 2.45) is 0 Å². The van der Waals surface area contributed by atoms with Gasteiger partial charge in [-0.3, -0.25) is 0 Å². The fourth-order valence-electron chi connectivity index (χ4n) is 1.26. The molecule has 0 radical (unpaired) electrons. The zero-order valence-electron chi connectivity index (χ0n) is 9.80. The fraction of sp³-hybridized carbons (Fsp3) is 0.444. The molecular formula is C9H13N5OS2. The second kappa shape index (κ2) is 4.94. The second-order valence-electron chi connectivity index (χ2n) is 3.55. The van der Waals surface area contributed by atoms with E-state index >= 15 is 0 Å². The van der Waals surface area contributed by atoms with Gasteiger partial charge in [-0.15, -0.1) is 10.2 Å². The second-order valence-corrected chi connectivity index (χ2v) is 5.53. The Hall–Kier alpha value is -1.25. The first-order chi connectivity index (χ1) is 8.11. The topological polar surface area (TPSA) is 77.2 Å². The molecule has 8 heteroatoms. The van der Waals surface area contributed by atoms with Crippen LogP contribution < -0.4 is 10.6 Å². The van der Waals surface area contributed by atoms with Crippen molar-refractivity contribution in [1.82, 2.24) is 15.2 Å². The average molecular weight is 271 g/mol. The molecule has 2 aromatic rings. The van der Waals surface area contributed by atoms with Gasteiger partial charge in [0.2, 0.25) is 5.13 Å². The first-order valence-electron chi connectivity index (χ1n) is 4.87. The third kappa shape index (κ3) is 2.54. The molecule has 0 atom stereocenters. The molecule has 0 fully saturated rings. The molecule has 6 nitrogen and oxygen atoms in total. The lowest BCUT2D eigenvalue weighted by atomic mass is 10.4. The van der Waals surface area contributed by atoms with Crippen molar-refractivity contribution >= 4 is 32.9 Å². The van der Waals surface area contributed by atoms with Crippen molar-refractivity contribution in [3.05, 3.63) is 5.69 Å². The van der Waals surface area contributed by atoms with Crippen LogP contribution >= 0.6 is 22.7 Å². The molecule has 2 rings (SSSR count). The highest BCUT2D eigenvalue weighted by Gasteiger charge is 2.17. The molecule has 0 saturated carbocycles. The fourth-order valence-corrected chi connectivity index (χ4v) is 2.95. The molecule has 0 aliphatic rings. The predicted octanol–water partition coefficient (Wildman–Crippen LogP) is 1.46. The molecule has 0 unspecified atom stereocenters. The zero-order valence-corrected chi connectivity index (χ0v) is 11.4. The molecule has 92 valence electrons. The van der Waals surface area contributed by atoms with Gasteiger partial charge in [0.1, 0.15) is 0 Å². The Kier molecular flexibility index (Phi) is 3.55.